The molecule has 10 heteroatoms. The van der Waals surface area contributed by atoms with Gasteiger partial charge >= 0.3 is 5.97 Å². The Bertz CT molecular complexity index is 471. The van der Waals surface area contributed by atoms with Crippen molar-refractivity contribution >= 4 is 36.7 Å². The second-order valence-electron chi connectivity index (χ2n) is 5.40. The molecule has 0 spiro atoms. The molecule has 0 aromatic carbocycles. The second-order valence-corrected chi connectivity index (χ2v) is 5.40. The molecular formula is C13H24Cl2N4O4. The van der Waals surface area contributed by atoms with Gasteiger partial charge in [0.05, 0.1) is 24.1 Å². The number of aliphatic hydroxyl groups excluding tert-OH is 1. The Morgan fingerprint density at radius 2 is 2.00 bits per heavy atom. The molecule has 23 heavy (non-hydrogen) atoms. The molecule has 6 N–H and O–H groups in total. The number of aliphatic carboxylic acids is 1. The molecule has 0 bridgehead atoms. The Labute approximate surface area is 147 Å². The van der Waals surface area contributed by atoms with Crippen molar-refractivity contribution in [3.63, 3.8) is 0 Å². The van der Waals surface area contributed by atoms with E-state index in [1.165, 1.54) is 6.33 Å². The van der Waals surface area contributed by atoms with Crippen molar-refractivity contribution in [2.24, 2.45) is 11.7 Å². The van der Waals surface area contributed by atoms with Gasteiger partial charge in [0.1, 0.15) is 0 Å². The first kappa shape index (κ1) is 23.9. The van der Waals surface area contributed by atoms with Gasteiger partial charge in [-0.3, -0.25) is 4.79 Å². The molecule has 1 rings (SSSR count). The number of carboxylic acid groups (broad SMARTS) is 1. The minimum Gasteiger partial charge on any atom is -0.479 e. The number of nitrogens with zero attached hydrogens (tertiary/aromatic N) is 1. The molecule has 1 unspecified atom stereocenters. The van der Waals surface area contributed by atoms with Crippen molar-refractivity contribution in [2.75, 3.05) is 0 Å². The molecule has 0 aliphatic carbocycles. The van der Waals surface area contributed by atoms with E-state index >= 15 is 0 Å². The lowest BCUT2D eigenvalue weighted by Gasteiger charge is -2.24. The van der Waals surface area contributed by atoms with Crippen molar-refractivity contribution in [1.82, 2.24) is 15.3 Å². The molecule has 1 aromatic rings. The van der Waals surface area contributed by atoms with Crippen LogP contribution in [-0.2, 0) is 16.0 Å². The first-order valence-electron chi connectivity index (χ1n) is 6.75. The number of nitrogens with two attached hydrogens (primary N) is 1. The van der Waals surface area contributed by atoms with Crippen LogP contribution in [0.2, 0.25) is 0 Å². The predicted molar refractivity (Wildman–Crippen MR) is 89.8 cm³/mol. The van der Waals surface area contributed by atoms with Crippen LogP contribution in [0.5, 0.6) is 0 Å². The van der Waals surface area contributed by atoms with Crippen LogP contribution in [0.3, 0.4) is 0 Å². The smallest absolute Gasteiger partial charge is 0.334 e. The third-order valence-corrected chi connectivity index (χ3v) is 3.01. The summed E-state index contributed by atoms with van der Waals surface area (Å²) in [5.74, 6) is -1.77. The van der Waals surface area contributed by atoms with Crippen LogP contribution >= 0.6 is 24.8 Å². The Hall–Kier alpha value is -1.35. The molecule has 0 aliphatic heterocycles. The van der Waals surface area contributed by atoms with E-state index in [-0.39, 0.29) is 37.2 Å². The van der Waals surface area contributed by atoms with Gasteiger partial charge in [-0.25, -0.2) is 9.78 Å². The SMILES string of the molecule is CC(C)C[C@H](NC(=O)[C@@H](N)Cc1c[nH]cn1)C(O)C(=O)O.Cl.Cl. The molecule has 0 aliphatic rings. The zero-order valence-electron chi connectivity index (χ0n) is 12.9. The normalized spacial score (nSPS) is 14.1. The number of carbonyl (C=O) groups excluding carboxylic acids is 1. The van der Waals surface area contributed by atoms with E-state index in [0.717, 1.165) is 0 Å². The number of nitrogens with one attached hydrogen (secondary N) is 2. The first-order valence-corrected chi connectivity index (χ1v) is 6.75. The standard InChI is InChI=1S/C13H22N4O4.2ClH/c1-7(2)3-10(11(18)13(20)21)17-12(19)9(14)4-8-5-15-6-16-8;;/h5-7,9-11,18H,3-4,14H2,1-2H3,(H,15,16)(H,17,19)(H,20,21);2*1H/t9-,10-,11?;;/m0../s1. The van der Waals surface area contributed by atoms with E-state index in [1.54, 1.807) is 6.20 Å². The highest BCUT2D eigenvalue weighted by Crippen LogP contribution is 2.09. The number of hydrogen-bond donors (Lipinski definition) is 5. The lowest BCUT2D eigenvalue weighted by Crippen LogP contribution is -2.52. The van der Waals surface area contributed by atoms with Gasteiger partial charge in [0, 0.05) is 12.6 Å². The summed E-state index contributed by atoms with van der Waals surface area (Å²) >= 11 is 0. The lowest BCUT2D eigenvalue weighted by atomic mass is 9.98. The Balaban J connectivity index is 0. The number of carboxylic acids is 1. The Morgan fingerprint density at radius 3 is 2.43 bits per heavy atom. The Kier molecular flexibility index (Phi) is 11.7. The Morgan fingerprint density at radius 1 is 1.39 bits per heavy atom. The summed E-state index contributed by atoms with van der Waals surface area (Å²) in [6, 6.07) is -1.73. The zero-order chi connectivity index (χ0) is 16.0. The van der Waals surface area contributed by atoms with Crippen LogP contribution in [0.25, 0.3) is 0 Å². The number of rotatable bonds is 8. The summed E-state index contributed by atoms with van der Waals surface area (Å²) in [6.07, 6.45) is 2.02. The average molecular weight is 371 g/mol. The number of aromatic nitrogens is 2. The predicted octanol–water partition coefficient (Wildman–Crippen LogP) is 0.0995. The molecule has 1 amide bonds. The highest BCUT2D eigenvalue weighted by molar-refractivity contribution is 5.85. The van der Waals surface area contributed by atoms with Gasteiger partial charge in [-0.15, -0.1) is 24.8 Å². The zero-order valence-corrected chi connectivity index (χ0v) is 14.6. The van der Waals surface area contributed by atoms with Crippen LogP contribution < -0.4 is 11.1 Å². The molecule has 8 nitrogen and oxygen atoms in total. The summed E-state index contributed by atoms with van der Waals surface area (Å²) in [5, 5.41) is 21.0. The number of carbonyl (C=O) groups is 2. The summed E-state index contributed by atoms with van der Waals surface area (Å²) in [6.45, 7) is 3.74. The minimum absolute atomic E-state index is 0. The topological polar surface area (TPSA) is 141 Å². The molecule has 0 radical (unpaired) electrons. The van der Waals surface area contributed by atoms with Crippen LogP contribution in [0.1, 0.15) is 26.0 Å². The van der Waals surface area contributed by atoms with E-state index in [9.17, 15) is 14.7 Å². The fourth-order valence-corrected chi connectivity index (χ4v) is 1.96. The molecule has 3 atom stereocenters. The van der Waals surface area contributed by atoms with Gasteiger partial charge in [-0.05, 0) is 12.3 Å². The minimum atomic E-state index is -1.66. The molecule has 0 saturated heterocycles. The average Bonchev–Trinajstić information content (AvgIpc) is 2.89. The first-order chi connectivity index (χ1) is 9.81. The highest BCUT2D eigenvalue weighted by atomic mass is 35.5. The number of imidazole rings is 1. The van der Waals surface area contributed by atoms with Crippen molar-refractivity contribution in [1.29, 1.82) is 0 Å². The fourth-order valence-electron chi connectivity index (χ4n) is 1.96. The molecule has 134 valence electrons. The van der Waals surface area contributed by atoms with Gasteiger partial charge < -0.3 is 26.2 Å². The molecule has 1 heterocycles. The second kappa shape index (κ2) is 11.2. The van der Waals surface area contributed by atoms with E-state index in [2.05, 4.69) is 15.3 Å². The summed E-state index contributed by atoms with van der Waals surface area (Å²) in [7, 11) is 0. The lowest BCUT2D eigenvalue weighted by molar-refractivity contribution is -0.149. The van der Waals surface area contributed by atoms with Crippen molar-refractivity contribution in [3.05, 3.63) is 18.2 Å². The van der Waals surface area contributed by atoms with Crippen LogP contribution in [0.4, 0.5) is 0 Å². The van der Waals surface area contributed by atoms with Gasteiger partial charge in [-0.2, -0.15) is 0 Å². The van der Waals surface area contributed by atoms with Gasteiger partial charge in [0.15, 0.2) is 6.10 Å². The monoisotopic (exact) mass is 370 g/mol. The van der Waals surface area contributed by atoms with Crippen LogP contribution in [0.15, 0.2) is 12.5 Å². The maximum absolute atomic E-state index is 12.0. The van der Waals surface area contributed by atoms with Crippen LogP contribution in [0, 0.1) is 5.92 Å². The molecule has 0 fully saturated rings. The van der Waals surface area contributed by atoms with Gasteiger partial charge in [0.25, 0.3) is 0 Å². The van der Waals surface area contributed by atoms with Crippen molar-refractivity contribution in [3.8, 4) is 0 Å². The third kappa shape index (κ3) is 8.17. The van der Waals surface area contributed by atoms with Gasteiger partial charge in [-0.1, -0.05) is 13.8 Å². The molecular weight excluding hydrogens is 347 g/mol. The quantitative estimate of drug-likeness (QED) is 0.439. The van der Waals surface area contributed by atoms with Gasteiger partial charge in [0.2, 0.25) is 5.91 Å². The van der Waals surface area contributed by atoms with E-state index in [4.69, 9.17) is 10.8 Å². The summed E-state index contributed by atoms with van der Waals surface area (Å²) in [5.41, 5.74) is 6.40. The molecule has 1 aromatic heterocycles. The molecule has 0 saturated carbocycles. The number of aliphatic hydroxyl groups is 1. The largest absolute Gasteiger partial charge is 0.479 e. The van der Waals surface area contributed by atoms with E-state index < -0.39 is 30.1 Å². The highest BCUT2D eigenvalue weighted by Gasteiger charge is 2.29. The van der Waals surface area contributed by atoms with Crippen molar-refractivity contribution in [2.45, 2.75) is 44.9 Å². The number of aromatic amines is 1. The van der Waals surface area contributed by atoms with E-state index in [0.29, 0.717) is 12.1 Å². The summed E-state index contributed by atoms with van der Waals surface area (Å²) in [4.78, 5) is 29.6. The fraction of sp³-hybridized carbons (Fsp3) is 0.615. The number of H-pyrrole nitrogens is 1. The van der Waals surface area contributed by atoms with Crippen LogP contribution in [-0.4, -0.2) is 50.2 Å². The number of halogens is 2. The third-order valence-electron chi connectivity index (χ3n) is 3.01. The van der Waals surface area contributed by atoms with Crippen molar-refractivity contribution < 1.29 is 19.8 Å². The number of hydrogen-bond acceptors (Lipinski definition) is 5. The number of amides is 1. The van der Waals surface area contributed by atoms with E-state index in [1.807, 2.05) is 13.8 Å². The maximum Gasteiger partial charge on any atom is 0.334 e. The maximum atomic E-state index is 12.0. The summed E-state index contributed by atoms with van der Waals surface area (Å²) < 4.78 is 0.